The summed E-state index contributed by atoms with van der Waals surface area (Å²) in [4.78, 5) is 21.4. The third-order valence-corrected chi connectivity index (χ3v) is 3.31. The van der Waals surface area contributed by atoms with E-state index in [1.807, 2.05) is 0 Å². The number of benzene rings is 1. The summed E-state index contributed by atoms with van der Waals surface area (Å²) in [5.74, 6) is -0.526. The van der Waals surface area contributed by atoms with Crippen LogP contribution in [0.2, 0.25) is 0 Å². The Morgan fingerprint density at radius 3 is 2.84 bits per heavy atom. The zero-order chi connectivity index (χ0) is 14.0. The predicted octanol–water partition coefficient (Wildman–Crippen LogP) is 1.62. The van der Waals surface area contributed by atoms with Crippen molar-refractivity contribution < 1.29 is 19.2 Å². The molecule has 0 aromatic heterocycles. The molecule has 102 valence electrons. The van der Waals surface area contributed by atoms with Gasteiger partial charge in [-0.2, -0.15) is 0 Å². The number of hydrogen-bond acceptors (Lipinski definition) is 5. The zero-order valence-corrected chi connectivity index (χ0v) is 11.4. The first kappa shape index (κ1) is 13.8. The summed E-state index contributed by atoms with van der Waals surface area (Å²) in [5, 5.41) is 10.9. The van der Waals surface area contributed by atoms with Gasteiger partial charge < -0.3 is 15.2 Å². The number of primary amides is 1. The van der Waals surface area contributed by atoms with Crippen molar-refractivity contribution in [1.29, 1.82) is 0 Å². The smallest absolute Gasteiger partial charge is 0.283 e. The lowest BCUT2D eigenvalue weighted by Gasteiger charge is -2.14. The molecule has 0 aliphatic carbocycles. The minimum Gasteiger partial charge on any atom is -0.487 e. The number of ether oxygens (including phenoxy) is 2. The molecular formula is C11H11BrN2O5. The molecule has 1 aliphatic heterocycles. The number of hydrogen-bond donors (Lipinski definition) is 1. The Morgan fingerprint density at radius 1 is 1.58 bits per heavy atom. The molecule has 8 heteroatoms. The van der Waals surface area contributed by atoms with Crippen molar-refractivity contribution >= 4 is 27.5 Å². The Morgan fingerprint density at radius 2 is 2.32 bits per heavy atom. The normalized spacial score (nSPS) is 18.3. The Kier molecular flexibility index (Phi) is 4.01. The monoisotopic (exact) mass is 330 g/mol. The van der Waals surface area contributed by atoms with Crippen molar-refractivity contribution in [3.63, 3.8) is 0 Å². The van der Waals surface area contributed by atoms with Crippen molar-refractivity contribution in [3.8, 4) is 5.75 Å². The second kappa shape index (κ2) is 5.54. The van der Waals surface area contributed by atoms with E-state index in [0.29, 0.717) is 23.4 Å². The highest BCUT2D eigenvalue weighted by atomic mass is 79.9. The van der Waals surface area contributed by atoms with E-state index >= 15 is 0 Å². The summed E-state index contributed by atoms with van der Waals surface area (Å²) in [7, 11) is 0. The number of nitro groups is 1. The number of amides is 1. The summed E-state index contributed by atoms with van der Waals surface area (Å²) in [6.07, 6.45) is 0.605. The van der Waals surface area contributed by atoms with Gasteiger partial charge in [-0.1, -0.05) is 0 Å². The van der Waals surface area contributed by atoms with Crippen LogP contribution >= 0.6 is 15.9 Å². The van der Waals surface area contributed by atoms with Gasteiger partial charge in [0.05, 0.1) is 22.6 Å². The third kappa shape index (κ3) is 3.02. The minimum atomic E-state index is -0.869. The Labute approximate surface area is 116 Å². The second-order valence-corrected chi connectivity index (χ2v) is 4.88. The lowest BCUT2D eigenvalue weighted by atomic mass is 10.1. The van der Waals surface area contributed by atoms with E-state index in [9.17, 15) is 14.9 Å². The van der Waals surface area contributed by atoms with Crippen LogP contribution in [0.5, 0.6) is 5.75 Å². The van der Waals surface area contributed by atoms with Crippen LogP contribution < -0.4 is 10.5 Å². The number of nitrogens with two attached hydrogens (primary N) is 1. The molecule has 0 spiro atoms. The van der Waals surface area contributed by atoms with Crippen molar-refractivity contribution in [2.24, 2.45) is 5.73 Å². The molecular weight excluding hydrogens is 320 g/mol. The van der Waals surface area contributed by atoms with E-state index < -0.39 is 10.8 Å². The van der Waals surface area contributed by atoms with Gasteiger partial charge in [0.15, 0.2) is 0 Å². The number of halogens is 1. The van der Waals surface area contributed by atoms with Crippen molar-refractivity contribution in [2.45, 2.75) is 12.5 Å². The van der Waals surface area contributed by atoms with Crippen molar-refractivity contribution in [3.05, 3.63) is 32.3 Å². The van der Waals surface area contributed by atoms with Crippen LogP contribution in [0.25, 0.3) is 0 Å². The molecule has 1 unspecified atom stereocenters. The SMILES string of the molecule is NC(=O)c1cc(OC2CCOC2)c(Br)cc1[N+](=O)[O-]. The molecule has 1 aromatic carbocycles. The van der Waals surface area contributed by atoms with Crippen LogP contribution in [0.3, 0.4) is 0 Å². The first-order valence-electron chi connectivity index (χ1n) is 5.51. The van der Waals surface area contributed by atoms with E-state index in [2.05, 4.69) is 15.9 Å². The summed E-state index contributed by atoms with van der Waals surface area (Å²) >= 11 is 3.18. The number of nitrogens with zero attached hydrogens (tertiary/aromatic N) is 1. The van der Waals surface area contributed by atoms with Gasteiger partial charge in [-0.15, -0.1) is 0 Å². The molecule has 0 saturated carbocycles. The van der Waals surface area contributed by atoms with Gasteiger partial charge in [0.2, 0.25) is 0 Å². The first-order valence-corrected chi connectivity index (χ1v) is 6.30. The fourth-order valence-corrected chi connectivity index (χ4v) is 2.19. The highest BCUT2D eigenvalue weighted by Gasteiger charge is 2.24. The fraction of sp³-hybridized carbons (Fsp3) is 0.364. The van der Waals surface area contributed by atoms with Crippen molar-refractivity contribution in [1.82, 2.24) is 0 Å². The lowest BCUT2D eigenvalue weighted by molar-refractivity contribution is -0.385. The number of rotatable bonds is 4. The third-order valence-electron chi connectivity index (χ3n) is 2.69. The quantitative estimate of drug-likeness (QED) is 0.667. The summed E-state index contributed by atoms with van der Waals surface area (Å²) < 4.78 is 11.2. The highest BCUT2D eigenvalue weighted by molar-refractivity contribution is 9.10. The van der Waals surface area contributed by atoms with Gasteiger partial charge in [-0.3, -0.25) is 14.9 Å². The zero-order valence-electron chi connectivity index (χ0n) is 9.80. The predicted molar refractivity (Wildman–Crippen MR) is 69.2 cm³/mol. The molecule has 19 heavy (non-hydrogen) atoms. The number of carbonyl (C=O) groups excluding carboxylic acids is 1. The topological polar surface area (TPSA) is 105 Å². The summed E-state index contributed by atoms with van der Waals surface area (Å²) in [6.45, 7) is 1.06. The minimum absolute atomic E-state index is 0.126. The van der Waals surface area contributed by atoms with Crippen LogP contribution in [-0.2, 0) is 4.74 Å². The molecule has 1 aromatic rings. The lowest BCUT2D eigenvalue weighted by Crippen LogP contribution is -2.18. The largest absolute Gasteiger partial charge is 0.487 e. The van der Waals surface area contributed by atoms with E-state index in [1.165, 1.54) is 12.1 Å². The van der Waals surface area contributed by atoms with Gasteiger partial charge in [-0.05, 0) is 15.9 Å². The average Bonchev–Trinajstić information content (AvgIpc) is 2.83. The van der Waals surface area contributed by atoms with Gasteiger partial charge in [0, 0.05) is 18.6 Å². The number of nitro benzene ring substituents is 1. The van der Waals surface area contributed by atoms with E-state index in [1.54, 1.807) is 0 Å². The molecule has 1 amide bonds. The molecule has 0 radical (unpaired) electrons. The Hall–Kier alpha value is -1.67. The second-order valence-electron chi connectivity index (χ2n) is 4.02. The van der Waals surface area contributed by atoms with Crippen LogP contribution in [0.1, 0.15) is 16.8 Å². The van der Waals surface area contributed by atoms with E-state index in [4.69, 9.17) is 15.2 Å². The van der Waals surface area contributed by atoms with Gasteiger partial charge in [-0.25, -0.2) is 0 Å². The summed E-state index contributed by atoms with van der Waals surface area (Å²) in [6, 6.07) is 2.49. The molecule has 2 N–H and O–H groups in total. The van der Waals surface area contributed by atoms with Crippen LogP contribution in [0, 0.1) is 10.1 Å². The molecule has 1 heterocycles. The molecule has 0 bridgehead atoms. The first-order chi connectivity index (χ1) is 8.99. The standard InChI is InChI=1S/C11H11BrN2O5/c12-8-4-9(14(16)17)7(11(13)15)3-10(8)19-6-1-2-18-5-6/h3-4,6H,1-2,5H2,(H2,13,15). The van der Waals surface area contributed by atoms with Crippen LogP contribution in [0.15, 0.2) is 16.6 Å². The molecule has 1 fully saturated rings. The molecule has 7 nitrogen and oxygen atoms in total. The van der Waals surface area contributed by atoms with Gasteiger partial charge in [0.25, 0.3) is 11.6 Å². The van der Waals surface area contributed by atoms with E-state index in [-0.39, 0.29) is 17.4 Å². The Balaban J connectivity index is 2.36. The van der Waals surface area contributed by atoms with Crippen molar-refractivity contribution in [2.75, 3.05) is 13.2 Å². The van der Waals surface area contributed by atoms with Crippen LogP contribution in [0.4, 0.5) is 5.69 Å². The summed E-state index contributed by atoms with van der Waals surface area (Å²) in [5.41, 5.74) is 4.61. The van der Waals surface area contributed by atoms with E-state index in [0.717, 1.165) is 6.42 Å². The molecule has 2 rings (SSSR count). The maximum Gasteiger partial charge on any atom is 0.283 e. The van der Waals surface area contributed by atoms with Crippen LogP contribution in [-0.4, -0.2) is 30.1 Å². The molecule has 1 saturated heterocycles. The highest BCUT2D eigenvalue weighted by Crippen LogP contribution is 2.33. The average molecular weight is 331 g/mol. The number of carbonyl (C=O) groups is 1. The van der Waals surface area contributed by atoms with Gasteiger partial charge in [0.1, 0.15) is 17.4 Å². The maximum absolute atomic E-state index is 11.2. The Bertz CT molecular complexity index is 528. The fourth-order valence-electron chi connectivity index (χ4n) is 1.77. The maximum atomic E-state index is 11.2. The molecule has 1 aliphatic rings. The van der Waals surface area contributed by atoms with Gasteiger partial charge >= 0.3 is 0 Å². The molecule has 1 atom stereocenters.